The van der Waals surface area contributed by atoms with E-state index in [1.54, 1.807) is 51.4 Å². The molecule has 2 aromatic carbocycles. The molecule has 3 rings (SSSR count). The number of benzene rings is 2. The molecule has 3 aromatic rings. The van der Waals surface area contributed by atoms with E-state index in [1.807, 2.05) is 0 Å². The Morgan fingerprint density at radius 1 is 1.10 bits per heavy atom. The van der Waals surface area contributed by atoms with Gasteiger partial charge in [0.05, 0.1) is 33.2 Å². The molecule has 1 aromatic heterocycles. The van der Waals surface area contributed by atoms with Gasteiger partial charge in [-0.05, 0) is 30.3 Å². The maximum Gasteiger partial charge on any atom is 0.328 e. The first-order chi connectivity index (χ1) is 13.7. The molecule has 0 fully saturated rings. The van der Waals surface area contributed by atoms with Gasteiger partial charge in [0.25, 0.3) is 0 Å². The van der Waals surface area contributed by atoms with Gasteiger partial charge in [0.2, 0.25) is 15.9 Å². The monoisotopic (exact) mass is 436 g/mol. The smallest absolute Gasteiger partial charge is 0.324 e. The molecule has 8 nitrogen and oxygen atoms in total. The number of sulfonamides is 1. The Bertz CT molecular complexity index is 1250. The highest BCUT2D eigenvalue weighted by Crippen LogP contribution is 2.22. The van der Waals surface area contributed by atoms with Crippen molar-refractivity contribution in [2.75, 3.05) is 18.4 Å². The average molecular weight is 437 g/mol. The normalized spacial score (nSPS) is 11.9. The van der Waals surface area contributed by atoms with Crippen LogP contribution in [-0.4, -0.2) is 40.9 Å². The summed E-state index contributed by atoms with van der Waals surface area (Å²) in [5.74, 6) is -0.503. The minimum Gasteiger partial charge on any atom is -0.324 e. The Labute approximate surface area is 173 Å². The van der Waals surface area contributed by atoms with Crippen LogP contribution in [0.2, 0.25) is 5.02 Å². The fraction of sp³-hybridized carbons (Fsp3) is 0.263. The van der Waals surface area contributed by atoms with Crippen molar-refractivity contribution in [2.45, 2.75) is 11.8 Å². The number of fused-ring (bicyclic) bond motifs is 1. The fourth-order valence-electron chi connectivity index (χ4n) is 3.08. The molecule has 0 atom stereocenters. The first kappa shape index (κ1) is 21.1. The molecular formula is C19H21ClN4O4S. The lowest BCUT2D eigenvalue weighted by molar-refractivity contribution is -0.116. The van der Waals surface area contributed by atoms with E-state index in [1.165, 1.54) is 21.3 Å². The van der Waals surface area contributed by atoms with Crippen molar-refractivity contribution in [3.63, 3.8) is 0 Å². The zero-order valence-corrected chi connectivity index (χ0v) is 17.8. The number of hydrogen-bond donors (Lipinski definition) is 1. The van der Waals surface area contributed by atoms with E-state index >= 15 is 0 Å². The summed E-state index contributed by atoms with van der Waals surface area (Å²) in [4.78, 5) is 24.5. The molecule has 0 saturated heterocycles. The minimum atomic E-state index is -3.95. The predicted molar refractivity (Wildman–Crippen MR) is 113 cm³/mol. The summed E-state index contributed by atoms with van der Waals surface area (Å²) in [6, 6.07) is 11.2. The molecule has 154 valence electrons. The summed E-state index contributed by atoms with van der Waals surface area (Å²) in [6.45, 7) is 1.39. The van der Waals surface area contributed by atoms with E-state index in [0.29, 0.717) is 21.7 Å². The maximum absolute atomic E-state index is 13.1. The lowest BCUT2D eigenvalue weighted by Crippen LogP contribution is -2.37. The van der Waals surface area contributed by atoms with E-state index in [0.717, 1.165) is 4.31 Å². The van der Waals surface area contributed by atoms with Crippen LogP contribution in [0.3, 0.4) is 0 Å². The van der Waals surface area contributed by atoms with Crippen LogP contribution in [0, 0.1) is 0 Å². The van der Waals surface area contributed by atoms with Gasteiger partial charge >= 0.3 is 5.69 Å². The number of aromatic nitrogens is 2. The van der Waals surface area contributed by atoms with Crippen molar-refractivity contribution in [3.05, 3.63) is 58.0 Å². The van der Waals surface area contributed by atoms with Crippen molar-refractivity contribution < 1.29 is 13.2 Å². The van der Waals surface area contributed by atoms with Crippen molar-refractivity contribution in [1.82, 2.24) is 13.4 Å². The Kier molecular flexibility index (Phi) is 5.83. The fourth-order valence-corrected chi connectivity index (χ4v) is 4.68. The third-order valence-corrected chi connectivity index (χ3v) is 6.95. The van der Waals surface area contributed by atoms with Gasteiger partial charge in [0.1, 0.15) is 0 Å². The zero-order valence-electron chi connectivity index (χ0n) is 16.2. The summed E-state index contributed by atoms with van der Waals surface area (Å²) >= 11 is 6.03. The van der Waals surface area contributed by atoms with E-state index in [2.05, 4.69) is 5.32 Å². The van der Waals surface area contributed by atoms with Crippen molar-refractivity contribution in [3.8, 4) is 0 Å². The number of rotatable bonds is 6. The molecule has 1 heterocycles. The Balaban J connectivity index is 1.89. The number of aryl methyl sites for hydroxylation is 2. The van der Waals surface area contributed by atoms with Crippen molar-refractivity contribution in [1.29, 1.82) is 0 Å². The molecule has 0 aliphatic carbocycles. The van der Waals surface area contributed by atoms with Crippen LogP contribution in [0.15, 0.2) is 52.2 Å². The number of para-hydroxylation sites is 1. The van der Waals surface area contributed by atoms with Gasteiger partial charge in [-0.15, -0.1) is 0 Å². The zero-order chi connectivity index (χ0) is 21.3. The minimum absolute atomic E-state index is 0.0126. The molecule has 0 spiro atoms. The third kappa shape index (κ3) is 3.93. The summed E-state index contributed by atoms with van der Waals surface area (Å²) in [6.07, 6.45) is 0. The summed E-state index contributed by atoms with van der Waals surface area (Å²) in [5, 5.41) is 2.99. The van der Waals surface area contributed by atoms with Gasteiger partial charge in [-0.1, -0.05) is 30.7 Å². The largest absolute Gasteiger partial charge is 0.328 e. The third-order valence-electron chi connectivity index (χ3n) is 4.70. The van der Waals surface area contributed by atoms with Crippen LogP contribution >= 0.6 is 11.6 Å². The summed E-state index contributed by atoms with van der Waals surface area (Å²) in [5.41, 5.74) is 1.28. The highest BCUT2D eigenvalue weighted by atomic mass is 35.5. The van der Waals surface area contributed by atoms with Gasteiger partial charge in [0.15, 0.2) is 0 Å². The van der Waals surface area contributed by atoms with Crippen molar-refractivity contribution >= 4 is 44.3 Å². The number of amides is 1. The second kappa shape index (κ2) is 8.02. The Morgan fingerprint density at radius 3 is 2.41 bits per heavy atom. The maximum atomic E-state index is 13.1. The number of anilines is 1. The van der Waals surface area contributed by atoms with Crippen LogP contribution in [0.1, 0.15) is 6.92 Å². The van der Waals surface area contributed by atoms with Crippen LogP contribution < -0.4 is 11.0 Å². The lowest BCUT2D eigenvalue weighted by Gasteiger charge is -2.20. The van der Waals surface area contributed by atoms with E-state index in [4.69, 9.17) is 11.6 Å². The number of hydrogen-bond acceptors (Lipinski definition) is 4. The molecule has 10 heteroatoms. The quantitative estimate of drug-likeness (QED) is 0.640. The number of carbonyl (C=O) groups excluding carboxylic acids is 1. The summed E-state index contributed by atoms with van der Waals surface area (Å²) < 4.78 is 30.1. The molecule has 0 bridgehead atoms. The standard InChI is InChI=1S/C19H21ClN4O4S/c1-4-24(12-18(25)21-15-8-6-5-7-14(15)20)29(27,28)13-9-10-16-17(11-13)23(3)19(26)22(16)2/h5-11H,4,12H2,1-3H3,(H,21,25). The molecule has 0 unspecified atom stereocenters. The van der Waals surface area contributed by atoms with Gasteiger partial charge in [-0.2, -0.15) is 4.31 Å². The van der Waals surface area contributed by atoms with E-state index < -0.39 is 15.9 Å². The molecule has 1 N–H and O–H groups in total. The molecular weight excluding hydrogens is 416 g/mol. The van der Waals surface area contributed by atoms with E-state index in [-0.39, 0.29) is 23.7 Å². The van der Waals surface area contributed by atoms with Crippen LogP contribution in [0.5, 0.6) is 0 Å². The Hall–Kier alpha value is -2.62. The molecule has 29 heavy (non-hydrogen) atoms. The first-order valence-electron chi connectivity index (χ1n) is 8.86. The van der Waals surface area contributed by atoms with Gasteiger partial charge in [0, 0.05) is 20.6 Å². The lowest BCUT2D eigenvalue weighted by atomic mass is 10.3. The number of halogens is 1. The number of likely N-dealkylation sites (N-methyl/N-ethyl adjacent to an activating group) is 1. The van der Waals surface area contributed by atoms with Crippen LogP contribution in [-0.2, 0) is 28.9 Å². The van der Waals surface area contributed by atoms with Crippen LogP contribution in [0.25, 0.3) is 11.0 Å². The highest BCUT2D eigenvalue weighted by Gasteiger charge is 2.26. The second-order valence-corrected chi connectivity index (χ2v) is 8.86. The number of nitrogens with one attached hydrogen (secondary N) is 1. The average Bonchev–Trinajstić information content (AvgIpc) is 2.91. The molecule has 0 saturated carbocycles. The Morgan fingerprint density at radius 2 is 1.76 bits per heavy atom. The molecule has 1 amide bonds. The summed E-state index contributed by atoms with van der Waals surface area (Å²) in [7, 11) is -0.745. The van der Waals surface area contributed by atoms with Crippen molar-refractivity contribution in [2.24, 2.45) is 14.1 Å². The molecule has 0 radical (unpaired) electrons. The van der Waals surface area contributed by atoms with Gasteiger partial charge in [-0.3, -0.25) is 13.9 Å². The SMILES string of the molecule is CCN(CC(=O)Nc1ccccc1Cl)S(=O)(=O)c1ccc2c(c1)n(C)c(=O)n2C. The first-order valence-corrected chi connectivity index (χ1v) is 10.7. The van der Waals surface area contributed by atoms with Gasteiger partial charge in [-0.25, -0.2) is 13.2 Å². The number of imidazole rings is 1. The van der Waals surface area contributed by atoms with Gasteiger partial charge < -0.3 is 5.32 Å². The highest BCUT2D eigenvalue weighted by molar-refractivity contribution is 7.89. The predicted octanol–water partition coefficient (Wildman–Crippen LogP) is 2.18. The number of nitrogens with zero attached hydrogens (tertiary/aromatic N) is 3. The van der Waals surface area contributed by atoms with E-state index in [9.17, 15) is 18.0 Å². The van der Waals surface area contributed by atoms with Crippen LogP contribution in [0.4, 0.5) is 5.69 Å². The molecule has 0 aliphatic rings. The number of carbonyl (C=O) groups is 1. The molecule has 0 aliphatic heterocycles. The topological polar surface area (TPSA) is 93.4 Å². The second-order valence-electron chi connectivity index (χ2n) is 6.51.